The molecule has 1 aromatic carbocycles. The molecule has 0 amide bonds. The van der Waals surface area contributed by atoms with Gasteiger partial charge in [0.05, 0.1) is 5.69 Å². The number of anilines is 2. The number of aryl methyl sites for hydroxylation is 1. The highest BCUT2D eigenvalue weighted by atomic mass is 15.5. The Morgan fingerprint density at radius 2 is 2.00 bits per heavy atom. The van der Waals surface area contributed by atoms with Crippen LogP contribution in [0.3, 0.4) is 0 Å². The number of benzene rings is 1. The summed E-state index contributed by atoms with van der Waals surface area (Å²) in [5, 5.41) is 6.44. The van der Waals surface area contributed by atoms with Crippen molar-refractivity contribution < 1.29 is 0 Å². The van der Waals surface area contributed by atoms with Crippen LogP contribution in [0.15, 0.2) is 41.5 Å². The van der Waals surface area contributed by atoms with Gasteiger partial charge in [0.25, 0.3) is 5.95 Å². The molecule has 0 N–H and O–H groups in total. The van der Waals surface area contributed by atoms with Crippen molar-refractivity contribution in [1.82, 2.24) is 9.97 Å². The highest BCUT2D eigenvalue weighted by molar-refractivity contribution is 5.64. The van der Waals surface area contributed by atoms with Gasteiger partial charge < -0.3 is 0 Å². The van der Waals surface area contributed by atoms with Crippen LogP contribution < -0.4 is 5.01 Å². The Morgan fingerprint density at radius 3 is 2.68 bits per heavy atom. The molecule has 1 heterocycles. The van der Waals surface area contributed by atoms with Gasteiger partial charge in [-0.2, -0.15) is 10.1 Å². The van der Waals surface area contributed by atoms with Crippen molar-refractivity contribution in [3.8, 4) is 0 Å². The Hall–Kier alpha value is -2.23. The number of hydrogen-bond donors (Lipinski definition) is 0. The van der Waals surface area contributed by atoms with E-state index in [0.29, 0.717) is 11.9 Å². The van der Waals surface area contributed by atoms with Gasteiger partial charge in [-0.1, -0.05) is 31.5 Å². The normalized spacial score (nSPS) is 14.5. The predicted molar refractivity (Wildman–Crippen MR) is 90.7 cm³/mol. The highest BCUT2D eigenvalue weighted by Crippen LogP contribution is 2.39. The maximum absolute atomic E-state index is 4.75. The fraction of sp³-hybridized carbons (Fsp3) is 0.389. The smallest absolute Gasteiger partial charge is 0.216 e. The zero-order valence-corrected chi connectivity index (χ0v) is 13.2. The lowest BCUT2D eigenvalue weighted by Gasteiger charge is -2.18. The summed E-state index contributed by atoms with van der Waals surface area (Å²) in [6.45, 7) is 4.17. The third-order valence-electron chi connectivity index (χ3n) is 3.66. The van der Waals surface area contributed by atoms with Crippen molar-refractivity contribution in [2.75, 3.05) is 5.01 Å². The molecular formula is C18H22N4. The Balaban J connectivity index is 1.97. The van der Waals surface area contributed by atoms with Crippen LogP contribution >= 0.6 is 0 Å². The number of rotatable bonds is 6. The van der Waals surface area contributed by atoms with E-state index in [1.54, 1.807) is 0 Å². The van der Waals surface area contributed by atoms with Crippen LogP contribution in [0.5, 0.6) is 0 Å². The summed E-state index contributed by atoms with van der Waals surface area (Å²) in [4.78, 5) is 9.35. The second kappa shape index (κ2) is 6.69. The molecule has 0 bridgehead atoms. The Kier molecular flexibility index (Phi) is 4.47. The van der Waals surface area contributed by atoms with Crippen LogP contribution in [-0.2, 0) is 0 Å². The fourth-order valence-electron chi connectivity index (χ4n) is 2.33. The Morgan fingerprint density at radius 1 is 1.23 bits per heavy atom. The second-order valence-corrected chi connectivity index (χ2v) is 5.74. The molecule has 0 aliphatic heterocycles. The molecule has 1 aromatic heterocycles. The van der Waals surface area contributed by atoms with Gasteiger partial charge in [-0.3, -0.25) is 0 Å². The summed E-state index contributed by atoms with van der Waals surface area (Å²) in [5.41, 5.74) is 3.13. The molecule has 4 heteroatoms. The van der Waals surface area contributed by atoms with Crippen molar-refractivity contribution in [1.29, 1.82) is 0 Å². The first-order valence-electron chi connectivity index (χ1n) is 8.01. The van der Waals surface area contributed by atoms with E-state index in [-0.39, 0.29) is 0 Å². The van der Waals surface area contributed by atoms with Gasteiger partial charge in [-0.25, -0.2) is 9.97 Å². The molecular weight excluding hydrogens is 272 g/mol. The number of para-hydroxylation sites is 1. The quantitative estimate of drug-likeness (QED) is 0.578. The minimum Gasteiger partial charge on any atom is -0.216 e. The van der Waals surface area contributed by atoms with Crippen molar-refractivity contribution >= 4 is 17.9 Å². The van der Waals surface area contributed by atoms with Gasteiger partial charge in [0.2, 0.25) is 0 Å². The first-order chi connectivity index (χ1) is 10.8. The minimum atomic E-state index is 0.609. The van der Waals surface area contributed by atoms with Gasteiger partial charge in [0.15, 0.2) is 0 Å². The predicted octanol–water partition coefficient (Wildman–Crippen LogP) is 4.59. The van der Waals surface area contributed by atoms with Gasteiger partial charge >= 0.3 is 0 Å². The topological polar surface area (TPSA) is 41.4 Å². The first kappa shape index (κ1) is 14.7. The standard InChI is InChI=1S/C18H22N4/c1-3-4-12-19-22(16-8-6-5-7-9-16)18-20-14(2)13-17(21-18)15-10-11-15/h5-9,12-13,15H,3-4,10-11H2,1-2H3. The lowest BCUT2D eigenvalue weighted by molar-refractivity contribution is 0.903. The average Bonchev–Trinajstić information content (AvgIpc) is 3.37. The molecule has 0 saturated heterocycles. The van der Waals surface area contributed by atoms with E-state index in [0.717, 1.165) is 29.9 Å². The SMILES string of the molecule is CCCC=NN(c1ccccc1)c1nc(C)cc(C2CC2)n1. The molecule has 3 rings (SSSR count). The summed E-state index contributed by atoms with van der Waals surface area (Å²) in [6, 6.07) is 12.2. The Labute approximate surface area is 131 Å². The second-order valence-electron chi connectivity index (χ2n) is 5.74. The zero-order chi connectivity index (χ0) is 15.4. The summed E-state index contributed by atoms with van der Waals surface area (Å²) in [5.74, 6) is 1.28. The van der Waals surface area contributed by atoms with Gasteiger partial charge in [-0.05, 0) is 44.4 Å². The van der Waals surface area contributed by atoms with E-state index in [1.165, 1.54) is 12.8 Å². The molecule has 4 nitrogen and oxygen atoms in total. The van der Waals surface area contributed by atoms with E-state index in [4.69, 9.17) is 4.98 Å². The van der Waals surface area contributed by atoms with Crippen molar-refractivity contribution in [2.24, 2.45) is 5.10 Å². The monoisotopic (exact) mass is 294 g/mol. The Bertz CT molecular complexity index is 647. The molecule has 1 fully saturated rings. The lowest BCUT2D eigenvalue weighted by atomic mass is 10.2. The van der Waals surface area contributed by atoms with Crippen molar-refractivity contribution in [3.05, 3.63) is 47.8 Å². The molecule has 2 aromatic rings. The van der Waals surface area contributed by atoms with Gasteiger partial charge in [0, 0.05) is 23.5 Å². The van der Waals surface area contributed by atoms with Crippen LogP contribution in [0.4, 0.5) is 11.6 Å². The summed E-state index contributed by atoms with van der Waals surface area (Å²) < 4.78 is 0. The van der Waals surface area contributed by atoms with E-state index in [9.17, 15) is 0 Å². The van der Waals surface area contributed by atoms with E-state index < -0.39 is 0 Å². The number of hydrogen-bond acceptors (Lipinski definition) is 4. The molecule has 114 valence electrons. The van der Waals surface area contributed by atoms with Crippen LogP contribution in [0.2, 0.25) is 0 Å². The highest BCUT2D eigenvalue weighted by Gasteiger charge is 2.26. The van der Waals surface area contributed by atoms with Gasteiger partial charge in [-0.15, -0.1) is 0 Å². The minimum absolute atomic E-state index is 0.609. The van der Waals surface area contributed by atoms with E-state index >= 15 is 0 Å². The fourth-order valence-corrected chi connectivity index (χ4v) is 2.33. The molecule has 1 aliphatic carbocycles. The van der Waals surface area contributed by atoms with E-state index in [1.807, 2.05) is 48.5 Å². The summed E-state index contributed by atoms with van der Waals surface area (Å²) in [6.07, 6.45) is 6.44. The average molecular weight is 294 g/mol. The number of nitrogens with zero attached hydrogens (tertiary/aromatic N) is 4. The number of hydrazone groups is 1. The third kappa shape index (κ3) is 3.50. The maximum atomic E-state index is 4.75. The van der Waals surface area contributed by atoms with Crippen LogP contribution in [0.25, 0.3) is 0 Å². The lowest BCUT2D eigenvalue weighted by Crippen LogP contribution is -2.14. The molecule has 1 saturated carbocycles. The maximum Gasteiger partial charge on any atom is 0.251 e. The largest absolute Gasteiger partial charge is 0.251 e. The summed E-state index contributed by atoms with van der Waals surface area (Å²) >= 11 is 0. The van der Waals surface area contributed by atoms with Crippen molar-refractivity contribution in [3.63, 3.8) is 0 Å². The van der Waals surface area contributed by atoms with Crippen molar-refractivity contribution in [2.45, 2.75) is 45.4 Å². The summed E-state index contributed by atoms with van der Waals surface area (Å²) in [7, 11) is 0. The zero-order valence-electron chi connectivity index (χ0n) is 13.2. The van der Waals surface area contributed by atoms with Gasteiger partial charge in [0.1, 0.15) is 0 Å². The molecule has 0 atom stereocenters. The number of aromatic nitrogens is 2. The van der Waals surface area contributed by atoms with Crippen LogP contribution in [0.1, 0.15) is 49.9 Å². The third-order valence-corrected chi connectivity index (χ3v) is 3.66. The molecule has 22 heavy (non-hydrogen) atoms. The first-order valence-corrected chi connectivity index (χ1v) is 8.01. The molecule has 0 spiro atoms. The van der Waals surface area contributed by atoms with E-state index in [2.05, 4.69) is 23.1 Å². The van der Waals surface area contributed by atoms with Crippen LogP contribution in [0, 0.1) is 6.92 Å². The molecule has 0 unspecified atom stereocenters. The molecule has 0 radical (unpaired) electrons. The number of unbranched alkanes of at least 4 members (excludes halogenated alkanes) is 1. The molecule has 1 aliphatic rings. The van der Waals surface area contributed by atoms with Crippen LogP contribution in [-0.4, -0.2) is 16.2 Å².